The molecule has 3 N–H and O–H groups in total. The number of thiocarbonyl (C=S) groups is 1. The van der Waals surface area contributed by atoms with Crippen molar-refractivity contribution < 1.29 is 31.8 Å². The highest BCUT2D eigenvalue weighted by Crippen LogP contribution is 2.34. The van der Waals surface area contributed by atoms with Crippen molar-refractivity contribution in [3.05, 3.63) is 83.3 Å². The quantitative estimate of drug-likeness (QED) is 0.0903. The first-order chi connectivity index (χ1) is 19.7. The van der Waals surface area contributed by atoms with Crippen molar-refractivity contribution in [3.63, 3.8) is 0 Å². The summed E-state index contributed by atoms with van der Waals surface area (Å²) in [7, 11) is 0. The number of aryl methyl sites for hydroxylation is 1. The first-order valence-corrected chi connectivity index (χ1v) is 12.2. The lowest BCUT2D eigenvalue weighted by Gasteiger charge is -2.11. The van der Waals surface area contributed by atoms with Gasteiger partial charge in [-0.3, -0.25) is 4.79 Å². The van der Waals surface area contributed by atoms with E-state index in [4.69, 9.17) is 15.2 Å². The van der Waals surface area contributed by atoms with Crippen LogP contribution in [0, 0.1) is 18.6 Å². The van der Waals surface area contributed by atoms with Gasteiger partial charge in [-0.15, -0.1) is 0 Å². The molecule has 0 aliphatic heterocycles. The second kappa shape index (κ2) is 11.2. The highest BCUT2D eigenvalue weighted by atomic mass is 32.1. The van der Waals surface area contributed by atoms with Crippen LogP contribution in [0.3, 0.4) is 0 Å². The molecule has 5 rings (SSSR count). The summed E-state index contributed by atoms with van der Waals surface area (Å²) in [4.78, 5) is 24.2. The maximum Gasteiger partial charge on any atom is 0.272 e. The fourth-order valence-electron chi connectivity index (χ4n) is 4.03. The van der Waals surface area contributed by atoms with Crippen molar-refractivity contribution in [3.8, 4) is 23.1 Å². The highest BCUT2D eigenvalue weighted by Gasteiger charge is 2.22. The maximum absolute atomic E-state index is 14.0. The molecule has 3 aromatic heterocycles. The molecule has 0 fully saturated rings. The van der Waals surface area contributed by atoms with Gasteiger partial charge < -0.3 is 20.2 Å². The van der Waals surface area contributed by atoms with Crippen LogP contribution < -0.4 is 15.2 Å². The number of rotatable bonds is 9. The lowest BCUT2D eigenvalue weighted by atomic mass is 10.1. The van der Waals surface area contributed by atoms with Crippen LogP contribution in [0.15, 0.2) is 59.9 Å². The molecular weight excluding hydrogens is 564 g/mol. The Bertz CT molecular complexity index is 1830. The van der Waals surface area contributed by atoms with Crippen molar-refractivity contribution in [2.24, 2.45) is 4.99 Å². The van der Waals surface area contributed by atoms with Crippen LogP contribution in [-0.2, 0) is 0 Å². The van der Waals surface area contributed by atoms with Gasteiger partial charge in [0.1, 0.15) is 23.9 Å². The Balaban J connectivity index is 1.43. The summed E-state index contributed by atoms with van der Waals surface area (Å²) in [6.07, 6.45) is -0.0838. The number of nitrogen functional groups attached to an aromatic ring is 1. The molecule has 0 amide bonds. The Morgan fingerprint density at radius 1 is 1.20 bits per heavy atom. The van der Waals surface area contributed by atoms with Crippen LogP contribution in [0.1, 0.15) is 21.6 Å². The molecule has 0 saturated carbocycles. The third kappa shape index (κ3) is 5.51. The number of ether oxygens (including phenoxy) is 2. The molecule has 0 saturated heterocycles. The molecule has 5 aromatic rings. The molecule has 0 bridgehead atoms. The standard InChI is InChI=1S/C27H18F4N6O3S/c1-13-5-24(40-26-16(28)3-2-4-17(26)29)33-10-21(13)37-27(32)15(9-35-37)25(38)20-6-14-7-22(39-11-23(30)31)19(34-12-41)8-18(14)36-20/h2-10,23,36H,11,32H2,1H3. The van der Waals surface area contributed by atoms with Crippen LogP contribution in [0.5, 0.6) is 17.4 Å². The summed E-state index contributed by atoms with van der Waals surface area (Å²) in [5.74, 6) is -2.88. The number of nitrogens with two attached hydrogens (primary N) is 1. The van der Waals surface area contributed by atoms with Crippen LogP contribution in [0.2, 0.25) is 0 Å². The number of alkyl halides is 2. The van der Waals surface area contributed by atoms with E-state index in [0.29, 0.717) is 22.2 Å². The minimum absolute atomic E-state index is 0.000625. The van der Waals surface area contributed by atoms with Gasteiger partial charge in [0.25, 0.3) is 6.43 Å². The van der Waals surface area contributed by atoms with Crippen molar-refractivity contribution >= 4 is 45.6 Å². The number of carbonyl (C=O) groups is 1. The van der Waals surface area contributed by atoms with Gasteiger partial charge in [-0.05, 0) is 55.0 Å². The predicted molar refractivity (Wildman–Crippen MR) is 145 cm³/mol. The van der Waals surface area contributed by atoms with Crippen molar-refractivity contribution in [1.82, 2.24) is 19.7 Å². The van der Waals surface area contributed by atoms with Gasteiger partial charge in [-0.25, -0.2) is 27.2 Å². The Kier molecular flexibility index (Phi) is 7.51. The normalized spacial score (nSPS) is 11.1. The summed E-state index contributed by atoms with van der Waals surface area (Å²) in [6.45, 7) is 0.828. The summed E-state index contributed by atoms with van der Waals surface area (Å²) in [5, 5.41) is 6.88. The smallest absolute Gasteiger partial charge is 0.272 e. The lowest BCUT2D eigenvalue weighted by Crippen LogP contribution is -2.09. The van der Waals surface area contributed by atoms with Crippen LogP contribution in [0.4, 0.5) is 29.1 Å². The van der Waals surface area contributed by atoms with E-state index >= 15 is 0 Å². The van der Waals surface area contributed by atoms with E-state index in [1.165, 1.54) is 47.4 Å². The number of aliphatic imine (C=N–C) groups is 1. The van der Waals surface area contributed by atoms with Gasteiger partial charge in [0.2, 0.25) is 17.4 Å². The van der Waals surface area contributed by atoms with Gasteiger partial charge in [0.15, 0.2) is 11.6 Å². The number of H-pyrrole nitrogens is 1. The number of halogens is 4. The first kappa shape index (κ1) is 27.5. The monoisotopic (exact) mass is 582 g/mol. The number of pyridine rings is 1. The molecule has 0 unspecified atom stereocenters. The molecule has 0 aliphatic carbocycles. The van der Waals surface area contributed by atoms with Gasteiger partial charge >= 0.3 is 0 Å². The number of isothiocyanates is 1. The van der Waals surface area contributed by atoms with E-state index in [-0.39, 0.29) is 34.4 Å². The predicted octanol–water partition coefficient (Wildman–Crippen LogP) is 6.32. The Morgan fingerprint density at radius 2 is 1.95 bits per heavy atom. The van der Waals surface area contributed by atoms with Gasteiger partial charge in [0, 0.05) is 17.0 Å². The number of aromatic amines is 1. The lowest BCUT2D eigenvalue weighted by molar-refractivity contribution is 0.0823. The number of aromatic nitrogens is 4. The van der Waals surface area contributed by atoms with Crippen molar-refractivity contribution in [2.75, 3.05) is 12.3 Å². The number of nitrogens with one attached hydrogen (secondary N) is 1. The van der Waals surface area contributed by atoms with Crippen LogP contribution in [0.25, 0.3) is 16.6 Å². The SMILES string of the molecule is Cc1cc(Oc2c(F)cccc2F)ncc1-n1ncc(C(=O)c2cc3cc(OCC(F)F)c(N=C=S)cc3[nH]2)c1N. The molecule has 14 heteroatoms. The van der Waals surface area contributed by atoms with Crippen molar-refractivity contribution in [1.29, 1.82) is 0 Å². The van der Waals surface area contributed by atoms with E-state index in [2.05, 4.69) is 37.4 Å². The topological polar surface area (TPSA) is 120 Å². The molecule has 41 heavy (non-hydrogen) atoms. The second-order valence-corrected chi connectivity index (χ2v) is 8.82. The van der Waals surface area contributed by atoms with E-state index in [1.807, 2.05) is 0 Å². The number of ketones is 1. The summed E-state index contributed by atoms with van der Waals surface area (Å²) < 4.78 is 65.0. The summed E-state index contributed by atoms with van der Waals surface area (Å²) in [6, 6.07) is 9.22. The molecule has 2 aromatic carbocycles. The van der Waals surface area contributed by atoms with Crippen molar-refractivity contribution in [2.45, 2.75) is 13.3 Å². The Hall–Kier alpha value is -5.07. The third-order valence-electron chi connectivity index (χ3n) is 5.94. The number of para-hydroxylation sites is 1. The summed E-state index contributed by atoms with van der Waals surface area (Å²) >= 11 is 4.63. The number of anilines is 1. The number of fused-ring (bicyclic) bond motifs is 1. The Labute approximate surface area is 234 Å². The largest absolute Gasteiger partial charge is 0.485 e. The zero-order valence-corrected chi connectivity index (χ0v) is 21.8. The van der Waals surface area contributed by atoms with E-state index in [9.17, 15) is 22.4 Å². The molecule has 3 heterocycles. The van der Waals surface area contributed by atoms with E-state index in [1.54, 1.807) is 6.92 Å². The number of hydrogen-bond acceptors (Lipinski definition) is 8. The minimum atomic E-state index is -2.70. The Morgan fingerprint density at radius 3 is 2.63 bits per heavy atom. The van der Waals surface area contributed by atoms with E-state index < -0.39 is 36.2 Å². The zero-order chi connectivity index (χ0) is 29.3. The third-order valence-corrected chi connectivity index (χ3v) is 6.03. The van der Waals surface area contributed by atoms with Gasteiger partial charge in [-0.2, -0.15) is 10.1 Å². The molecule has 0 aliphatic rings. The fourth-order valence-corrected chi connectivity index (χ4v) is 4.13. The van der Waals surface area contributed by atoms with Gasteiger partial charge in [-0.1, -0.05) is 6.07 Å². The minimum Gasteiger partial charge on any atom is -0.485 e. The fraction of sp³-hybridized carbons (Fsp3) is 0.111. The zero-order valence-electron chi connectivity index (χ0n) is 21.0. The molecule has 208 valence electrons. The number of carbonyl (C=O) groups excluding carboxylic acids is 1. The molecule has 0 spiro atoms. The van der Waals surface area contributed by atoms with Crippen LogP contribution in [-0.4, -0.2) is 43.7 Å². The average molecular weight is 583 g/mol. The highest BCUT2D eigenvalue weighted by molar-refractivity contribution is 7.78. The second-order valence-electron chi connectivity index (χ2n) is 8.64. The maximum atomic E-state index is 14.0. The van der Waals surface area contributed by atoms with Crippen LogP contribution >= 0.6 is 12.2 Å². The molecular formula is C27H18F4N6O3S. The average Bonchev–Trinajstić information content (AvgIpc) is 3.52. The molecule has 9 nitrogen and oxygen atoms in total. The first-order valence-electron chi connectivity index (χ1n) is 11.8. The van der Waals surface area contributed by atoms with E-state index in [0.717, 1.165) is 12.1 Å². The molecule has 0 radical (unpaired) electrons. The van der Waals surface area contributed by atoms with Gasteiger partial charge in [0.05, 0.1) is 34.5 Å². The number of hydrogen-bond donors (Lipinski definition) is 2. The molecule has 0 atom stereocenters. The number of benzene rings is 2. The number of nitrogens with zero attached hydrogens (tertiary/aromatic N) is 4. The summed E-state index contributed by atoms with van der Waals surface area (Å²) in [5.41, 5.74) is 8.04.